The molecule has 1 aliphatic heterocycles. The van der Waals surface area contributed by atoms with Gasteiger partial charge in [-0.1, -0.05) is 0 Å². The van der Waals surface area contributed by atoms with E-state index in [1.54, 1.807) is 18.2 Å². The fraction of sp³-hybridized carbons (Fsp3) is 0.250. The number of rotatable bonds is 2. The van der Waals surface area contributed by atoms with Crippen molar-refractivity contribution in [2.45, 2.75) is 12.5 Å². The smallest absolute Gasteiger partial charge is 0.251 e. The van der Waals surface area contributed by atoms with Gasteiger partial charge in [-0.25, -0.2) is 0 Å². The second kappa shape index (κ2) is 4.37. The van der Waals surface area contributed by atoms with E-state index in [1.165, 1.54) is 7.05 Å². The Labute approximate surface area is 104 Å². The molecule has 6 nitrogen and oxygen atoms in total. The van der Waals surface area contributed by atoms with Crippen molar-refractivity contribution in [2.24, 2.45) is 0 Å². The van der Waals surface area contributed by atoms with Gasteiger partial charge in [-0.15, -0.1) is 0 Å². The molecule has 1 aromatic rings. The summed E-state index contributed by atoms with van der Waals surface area (Å²) in [4.78, 5) is 24.1. The fourth-order valence-electron chi connectivity index (χ4n) is 1.82. The van der Waals surface area contributed by atoms with Crippen molar-refractivity contribution in [1.82, 2.24) is 4.90 Å². The van der Waals surface area contributed by atoms with Gasteiger partial charge in [0.15, 0.2) is 0 Å². The number of benzene rings is 1. The molecule has 0 spiro atoms. The summed E-state index contributed by atoms with van der Waals surface area (Å²) in [6, 6.07) is 6.20. The lowest BCUT2D eigenvalue weighted by Crippen LogP contribution is -2.31. The summed E-state index contributed by atoms with van der Waals surface area (Å²) in [5.74, 6) is -0.470. The first-order chi connectivity index (χ1) is 8.52. The van der Waals surface area contributed by atoms with Gasteiger partial charge in [0.25, 0.3) is 5.91 Å². The minimum Gasteiger partial charge on any atom is -0.398 e. The maximum Gasteiger partial charge on any atom is 0.251 e. The van der Waals surface area contributed by atoms with E-state index in [0.29, 0.717) is 16.9 Å². The summed E-state index contributed by atoms with van der Waals surface area (Å²) in [5.41, 5.74) is 7.01. The molecule has 1 heterocycles. The highest BCUT2D eigenvalue weighted by Gasteiger charge is 2.35. The Bertz CT molecular complexity index is 562. The molecule has 18 heavy (non-hydrogen) atoms. The van der Waals surface area contributed by atoms with Crippen LogP contribution in [0.4, 0.5) is 11.4 Å². The van der Waals surface area contributed by atoms with E-state index < -0.39 is 6.04 Å². The largest absolute Gasteiger partial charge is 0.398 e. The minimum atomic E-state index is -0.560. The number of hydrogen-bond acceptors (Lipinski definition) is 5. The molecule has 0 aliphatic carbocycles. The van der Waals surface area contributed by atoms with Crippen molar-refractivity contribution in [3.63, 3.8) is 0 Å². The fourth-order valence-corrected chi connectivity index (χ4v) is 1.82. The second-order valence-electron chi connectivity index (χ2n) is 4.11. The highest BCUT2D eigenvalue weighted by atomic mass is 16.2. The van der Waals surface area contributed by atoms with Crippen molar-refractivity contribution in [1.29, 1.82) is 5.26 Å². The number of nitrogens with zero attached hydrogens (tertiary/aromatic N) is 2. The van der Waals surface area contributed by atoms with Gasteiger partial charge in [0, 0.05) is 12.7 Å². The zero-order valence-electron chi connectivity index (χ0n) is 9.80. The Morgan fingerprint density at radius 1 is 1.50 bits per heavy atom. The number of imide groups is 1. The second-order valence-corrected chi connectivity index (χ2v) is 4.11. The topological polar surface area (TPSA) is 99.2 Å². The number of nitrogen functional groups attached to an aromatic ring is 1. The molecular weight excluding hydrogens is 232 g/mol. The standard InChI is InChI=1S/C12H12N4O2/c1-16-11(17)5-10(12(16)18)15-8-3-2-7(6-13)9(14)4-8/h2-4,10,15H,5,14H2,1H3. The molecule has 2 rings (SSSR count). The van der Waals surface area contributed by atoms with Crippen molar-refractivity contribution in [3.8, 4) is 6.07 Å². The molecule has 0 bridgehead atoms. The summed E-state index contributed by atoms with van der Waals surface area (Å²) in [6.07, 6.45) is 0.134. The number of hydrogen-bond donors (Lipinski definition) is 2. The van der Waals surface area contributed by atoms with Gasteiger partial charge in [-0.2, -0.15) is 5.26 Å². The monoisotopic (exact) mass is 244 g/mol. The van der Waals surface area contributed by atoms with Gasteiger partial charge in [0.1, 0.15) is 12.1 Å². The summed E-state index contributed by atoms with van der Waals surface area (Å²) in [7, 11) is 1.46. The zero-order valence-corrected chi connectivity index (χ0v) is 9.80. The molecule has 1 saturated heterocycles. The number of nitrogens with two attached hydrogens (primary N) is 1. The Balaban J connectivity index is 2.16. The van der Waals surface area contributed by atoms with E-state index in [4.69, 9.17) is 11.0 Å². The van der Waals surface area contributed by atoms with Gasteiger partial charge < -0.3 is 11.1 Å². The van der Waals surface area contributed by atoms with E-state index in [2.05, 4.69) is 5.32 Å². The van der Waals surface area contributed by atoms with Crippen LogP contribution >= 0.6 is 0 Å². The van der Waals surface area contributed by atoms with Crippen molar-refractivity contribution in [2.75, 3.05) is 18.1 Å². The van der Waals surface area contributed by atoms with Gasteiger partial charge in [0.2, 0.25) is 5.91 Å². The highest BCUT2D eigenvalue weighted by molar-refractivity contribution is 6.06. The summed E-state index contributed by atoms with van der Waals surface area (Å²) in [5, 5.41) is 11.7. The van der Waals surface area contributed by atoms with E-state index >= 15 is 0 Å². The highest BCUT2D eigenvalue weighted by Crippen LogP contribution is 2.21. The third-order valence-electron chi connectivity index (χ3n) is 2.89. The summed E-state index contributed by atoms with van der Waals surface area (Å²) >= 11 is 0. The Morgan fingerprint density at radius 3 is 2.72 bits per heavy atom. The molecule has 1 aromatic carbocycles. The van der Waals surface area contributed by atoms with Crippen LogP contribution in [-0.2, 0) is 9.59 Å². The number of amides is 2. The Morgan fingerprint density at radius 2 is 2.22 bits per heavy atom. The van der Waals surface area contributed by atoms with Crippen LogP contribution in [0.3, 0.4) is 0 Å². The molecule has 1 aliphatic rings. The summed E-state index contributed by atoms with van der Waals surface area (Å²) in [6.45, 7) is 0. The normalized spacial score (nSPS) is 18.9. The molecule has 3 N–H and O–H groups in total. The zero-order chi connectivity index (χ0) is 13.3. The van der Waals surface area contributed by atoms with Crippen LogP contribution in [0.1, 0.15) is 12.0 Å². The first-order valence-electron chi connectivity index (χ1n) is 5.39. The number of nitriles is 1. The third kappa shape index (κ3) is 1.98. The molecule has 6 heteroatoms. The maximum absolute atomic E-state index is 11.7. The van der Waals surface area contributed by atoms with Crippen LogP contribution in [-0.4, -0.2) is 29.8 Å². The van der Waals surface area contributed by atoms with E-state index in [-0.39, 0.29) is 18.2 Å². The van der Waals surface area contributed by atoms with E-state index in [0.717, 1.165) is 4.90 Å². The van der Waals surface area contributed by atoms with E-state index in [9.17, 15) is 9.59 Å². The number of carbonyl (C=O) groups excluding carboxylic acids is 2. The molecule has 0 aromatic heterocycles. The third-order valence-corrected chi connectivity index (χ3v) is 2.89. The van der Waals surface area contributed by atoms with Gasteiger partial charge >= 0.3 is 0 Å². The van der Waals surface area contributed by atoms with Crippen LogP contribution < -0.4 is 11.1 Å². The average molecular weight is 244 g/mol. The van der Waals surface area contributed by atoms with Gasteiger partial charge in [0.05, 0.1) is 17.7 Å². The van der Waals surface area contributed by atoms with Crippen LogP contribution in [0.2, 0.25) is 0 Å². The van der Waals surface area contributed by atoms with Crippen molar-refractivity contribution in [3.05, 3.63) is 23.8 Å². The molecule has 1 unspecified atom stereocenters. The van der Waals surface area contributed by atoms with Gasteiger partial charge in [-0.05, 0) is 18.2 Å². The maximum atomic E-state index is 11.7. The molecular formula is C12H12N4O2. The van der Waals surface area contributed by atoms with Crippen LogP contribution in [0.15, 0.2) is 18.2 Å². The SMILES string of the molecule is CN1C(=O)CC(Nc2ccc(C#N)c(N)c2)C1=O. The molecule has 1 atom stereocenters. The van der Waals surface area contributed by atoms with Crippen molar-refractivity contribution < 1.29 is 9.59 Å². The first-order valence-corrected chi connectivity index (χ1v) is 5.39. The predicted octanol–water partition coefficient (Wildman–Crippen LogP) is 0.310. The van der Waals surface area contributed by atoms with E-state index in [1.807, 2.05) is 6.07 Å². The number of anilines is 2. The quantitative estimate of drug-likeness (QED) is 0.576. The number of likely N-dealkylation sites (N-methyl/N-ethyl adjacent to an activating group) is 1. The number of carbonyl (C=O) groups is 2. The Hall–Kier alpha value is -2.55. The molecule has 0 radical (unpaired) electrons. The van der Waals surface area contributed by atoms with Crippen LogP contribution in [0.25, 0.3) is 0 Å². The molecule has 2 amide bonds. The van der Waals surface area contributed by atoms with Crippen molar-refractivity contribution >= 4 is 23.2 Å². The van der Waals surface area contributed by atoms with Crippen LogP contribution in [0, 0.1) is 11.3 Å². The average Bonchev–Trinajstić information content (AvgIpc) is 2.57. The van der Waals surface area contributed by atoms with Crippen LogP contribution in [0.5, 0.6) is 0 Å². The lowest BCUT2D eigenvalue weighted by Gasteiger charge is -2.13. The number of nitrogens with one attached hydrogen (secondary N) is 1. The molecule has 1 fully saturated rings. The molecule has 0 saturated carbocycles. The number of likely N-dealkylation sites (tertiary alicyclic amines) is 1. The van der Waals surface area contributed by atoms with Gasteiger partial charge in [-0.3, -0.25) is 14.5 Å². The summed E-state index contributed by atoms with van der Waals surface area (Å²) < 4.78 is 0. The predicted molar refractivity (Wildman–Crippen MR) is 65.4 cm³/mol. The minimum absolute atomic E-state index is 0.134. The Kier molecular flexibility index (Phi) is 2.90. The first kappa shape index (κ1) is 11.9. The lowest BCUT2D eigenvalue weighted by atomic mass is 10.1. The molecule has 92 valence electrons. The lowest BCUT2D eigenvalue weighted by molar-refractivity contribution is -0.136.